The van der Waals surface area contributed by atoms with Crippen LogP contribution in [0.3, 0.4) is 0 Å². The number of benzene rings is 1. The van der Waals surface area contributed by atoms with E-state index in [1.54, 1.807) is 0 Å². The topological polar surface area (TPSA) is 0 Å². The fourth-order valence-electron chi connectivity index (χ4n) is 3.82. The van der Waals surface area contributed by atoms with Gasteiger partial charge in [-0.05, 0) is 37.3 Å². The van der Waals surface area contributed by atoms with Gasteiger partial charge >= 0.3 is 0 Å². The summed E-state index contributed by atoms with van der Waals surface area (Å²) in [6.45, 7) is 0. The van der Waals surface area contributed by atoms with Crippen molar-refractivity contribution in [2.75, 3.05) is 0 Å². The van der Waals surface area contributed by atoms with Gasteiger partial charge < -0.3 is 0 Å². The van der Waals surface area contributed by atoms with Gasteiger partial charge in [-0.3, -0.25) is 0 Å². The molecule has 2 fully saturated rings. The number of halogens is 2. The average molecular weight is 357 g/mol. The summed E-state index contributed by atoms with van der Waals surface area (Å²) in [6, 6.07) is 10.7. The van der Waals surface area contributed by atoms with Gasteiger partial charge in [0.1, 0.15) is 4.33 Å². The van der Waals surface area contributed by atoms with Crippen LogP contribution in [0, 0.1) is 5.92 Å². The highest BCUT2D eigenvalue weighted by molar-refractivity contribution is 8.01. The molecule has 0 saturated heterocycles. The molecule has 2 aliphatic carbocycles. The highest BCUT2D eigenvalue weighted by Gasteiger charge is 2.65. The van der Waals surface area contributed by atoms with E-state index >= 15 is 0 Å². The molecule has 0 heterocycles. The first-order valence-corrected chi connectivity index (χ1v) is 10.3. The fraction of sp³-hybridized carbons (Fsp3) is 0.684. The first kappa shape index (κ1) is 17.0. The highest BCUT2D eigenvalue weighted by Crippen LogP contribution is 2.68. The van der Waals surface area contributed by atoms with E-state index in [-0.39, 0.29) is 4.75 Å². The third-order valence-corrected chi connectivity index (χ3v) is 8.25. The van der Waals surface area contributed by atoms with Crippen LogP contribution < -0.4 is 0 Å². The van der Waals surface area contributed by atoms with Crippen LogP contribution in [0.2, 0.25) is 0 Å². The van der Waals surface area contributed by atoms with Crippen molar-refractivity contribution in [3.8, 4) is 0 Å². The summed E-state index contributed by atoms with van der Waals surface area (Å²) in [4.78, 5) is 1.31. The summed E-state index contributed by atoms with van der Waals surface area (Å²) in [7, 11) is 0. The monoisotopic (exact) mass is 356 g/mol. The number of rotatable bonds is 2. The van der Waals surface area contributed by atoms with E-state index in [0.717, 1.165) is 12.8 Å². The summed E-state index contributed by atoms with van der Waals surface area (Å²) in [5, 5.41) is 0. The molecule has 0 aromatic heterocycles. The number of fused-ring (bicyclic) bond motifs is 1. The van der Waals surface area contributed by atoms with Crippen LogP contribution in [0.4, 0.5) is 0 Å². The van der Waals surface area contributed by atoms with Crippen LogP contribution in [-0.4, -0.2) is 9.08 Å². The van der Waals surface area contributed by atoms with E-state index in [1.165, 1.54) is 56.3 Å². The Morgan fingerprint density at radius 2 is 1.50 bits per heavy atom. The Labute approximate surface area is 149 Å². The lowest BCUT2D eigenvalue weighted by Crippen LogP contribution is -2.32. The Kier molecular flexibility index (Phi) is 5.69. The van der Waals surface area contributed by atoms with Gasteiger partial charge in [-0.1, -0.05) is 63.1 Å². The standard InChI is InChI=1S/C19H26Cl2S/c20-19(21)14-10-5-3-1-2-4-7-11-16-15-18(16,19)22-17-12-8-6-9-13-17/h6,8-9,12-13,16H,1-5,7,10-11,14-15H2. The van der Waals surface area contributed by atoms with Crippen molar-refractivity contribution < 1.29 is 0 Å². The quantitative estimate of drug-likeness (QED) is 0.503. The smallest absolute Gasteiger partial charge is 0.116 e. The lowest BCUT2D eigenvalue weighted by molar-refractivity contribution is 0.491. The molecule has 0 radical (unpaired) electrons. The molecule has 0 aliphatic heterocycles. The molecule has 2 aliphatic rings. The molecule has 3 rings (SSSR count). The largest absolute Gasteiger partial charge is 0.133 e. The van der Waals surface area contributed by atoms with Crippen molar-refractivity contribution in [1.29, 1.82) is 0 Å². The number of hydrogen-bond donors (Lipinski definition) is 0. The van der Waals surface area contributed by atoms with Gasteiger partial charge in [-0.25, -0.2) is 0 Å². The maximum Gasteiger partial charge on any atom is 0.133 e. The lowest BCUT2D eigenvalue weighted by Gasteiger charge is -2.31. The first-order chi connectivity index (χ1) is 10.6. The van der Waals surface area contributed by atoms with Crippen molar-refractivity contribution >= 4 is 35.0 Å². The second-order valence-electron chi connectivity index (χ2n) is 6.92. The minimum Gasteiger partial charge on any atom is -0.116 e. The molecule has 122 valence electrons. The van der Waals surface area contributed by atoms with E-state index in [4.69, 9.17) is 23.2 Å². The zero-order chi connectivity index (χ0) is 15.5. The molecule has 2 saturated carbocycles. The van der Waals surface area contributed by atoms with E-state index in [9.17, 15) is 0 Å². The lowest BCUT2D eigenvalue weighted by atomic mass is 10.0. The van der Waals surface area contributed by atoms with Gasteiger partial charge in [0.25, 0.3) is 0 Å². The second kappa shape index (κ2) is 7.36. The van der Waals surface area contributed by atoms with Crippen LogP contribution in [0.15, 0.2) is 35.2 Å². The fourth-order valence-corrected chi connectivity index (χ4v) is 6.32. The Hall–Kier alpha value is 0.150. The summed E-state index contributed by atoms with van der Waals surface area (Å²) >= 11 is 15.8. The predicted molar refractivity (Wildman–Crippen MR) is 99.1 cm³/mol. The molecule has 0 nitrogen and oxygen atoms in total. The maximum atomic E-state index is 6.91. The Balaban J connectivity index is 1.75. The molecular formula is C19H26Cl2S. The third kappa shape index (κ3) is 3.79. The Morgan fingerprint density at radius 1 is 0.864 bits per heavy atom. The van der Waals surface area contributed by atoms with E-state index in [2.05, 4.69) is 30.3 Å². The number of hydrogen-bond acceptors (Lipinski definition) is 1. The summed E-state index contributed by atoms with van der Waals surface area (Å²) in [5.41, 5.74) is 0. The van der Waals surface area contributed by atoms with E-state index in [1.807, 2.05) is 11.8 Å². The molecule has 1 aromatic rings. The van der Waals surface area contributed by atoms with Crippen molar-refractivity contribution in [3.63, 3.8) is 0 Å². The molecule has 0 amide bonds. The SMILES string of the molecule is ClC1(Cl)CCCCCCCCCC2CC21Sc1ccccc1. The van der Waals surface area contributed by atoms with Crippen molar-refractivity contribution in [3.05, 3.63) is 30.3 Å². The van der Waals surface area contributed by atoms with E-state index in [0.29, 0.717) is 5.92 Å². The molecule has 1 aromatic carbocycles. The Bertz CT molecular complexity index is 474. The van der Waals surface area contributed by atoms with Gasteiger partial charge in [-0.15, -0.1) is 35.0 Å². The normalized spacial score (nSPS) is 32.4. The maximum absolute atomic E-state index is 6.91. The molecule has 0 N–H and O–H groups in total. The van der Waals surface area contributed by atoms with Crippen LogP contribution in [-0.2, 0) is 0 Å². The molecular weight excluding hydrogens is 331 g/mol. The summed E-state index contributed by atoms with van der Waals surface area (Å²) in [5.74, 6) is 0.687. The molecule has 22 heavy (non-hydrogen) atoms. The van der Waals surface area contributed by atoms with Crippen LogP contribution >= 0.6 is 35.0 Å². The van der Waals surface area contributed by atoms with Gasteiger partial charge in [0.05, 0.1) is 4.75 Å². The summed E-state index contributed by atoms with van der Waals surface area (Å²) in [6.07, 6.45) is 12.7. The van der Waals surface area contributed by atoms with Crippen molar-refractivity contribution in [2.45, 2.75) is 78.2 Å². The first-order valence-electron chi connectivity index (χ1n) is 8.76. The third-order valence-electron chi connectivity index (χ3n) is 5.25. The summed E-state index contributed by atoms with van der Waals surface area (Å²) < 4.78 is -0.548. The zero-order valence-corrected chi connectivity index (χ0v) is 15.5. The van der Waals surface area contributed by atoms with Crippen LogP contribution in [0.5, 0.6) is 0 Å². The van der Waals surface area contributed by atoms with Crippen LogP contribution in [0.1, 0.15) is 64.2 Å². The number of thioether (sulfide) groups is 1. The minimum atomic E-state index is -0.586. The van der Waals surface area contributed by atoms with Crippen molar-refractivity contribution in [2.24, 2.45) is 5.92 Å². The Morgan fingerprint density at radius 3 is 2.23 bits per heavy atom. The minimum absolute atomic E-state index is 0.0384. The highest BCUT2D eigenvalue weighted by atomic mass is 35.5. The molecule has 3 heteroatoms. The van der Waals surface area contributed by atoms with Gasteiger partial charge in [0, 0.05) is 4.90 Å². The van der Waals surface area contributed by atoms with Gasteiger partial charge in [0.15, 0.2) is 0 Å². The molecule has 2 unspecified atom stereocenters. The molecule has 0 bridgehead atoms. The molecule has 0 spiro atoms. The number of alkyl halides is 2. The van der Waals surface area contributed by atoms with Crippen LogP contribution in [0.25, 0.3) is 0 Å². The van der Waals surface area contributed by atoms with Gasteiger partial charge in [-0.2, -0.15) is 0 Å². The van der Waals surface area contributed by atoms with Gasteiger partial charge in [0.2, 0.25) is 0 Å². The second-order valence-corrected chi connectivity index (χ2v) is 9.81. The predicted octanol–water partition coefficient (Wildman–Crippen LogP) is 7.24. The average Bonchev–Trinajstić information content (AvgIpc) is 3.20. The van der Waals surface area contributed by atoms with E-state index < -0.39 is 4.33 Å². The zero-order valence-electron chi connectivity index (χ0n) is 13.2. The molecule has 2 atom stereocenters. The van der Waals surface area contributed by atoms with Crippen molar-refractivity contribution in [1.82, 2.24) is 0 Å².